The summed E-state index contributed by atoms with van der Waals surface area (Å²) < 4.78 is 12.4. The van der Waals surface area contributed by atoms with Crippen molar-refractivity contribution in [3.63, 3.8) is 0 Å². The van der Waals surface area contributed by atoms with E-state index in [1.54, 1.807) is 56.8 Å². The van der Waals surface area contributed by atoms with E-state index in [0.717, 1.165) is 36.8 Å². The molecule has 2 heterocycles. The number of fused-ring (bicyclic) bond motifs is 1. The molecule has 6 rings (SSSR count). The second kappa shape index (κ2) is 26.7. The highest BCUT2D eigenvalue weighted by atomic mass is 16.5. The van der Waals surface area contributed by atoms with Crippen LogP contribution in [0.5, 0.6) is 0 Å². The molecule has 16 nitrogen and oxygen atoms in total. The quantitative estimate of drug-likeness (QED) is 0.0969. The Morgan fingerprint density at radius 3 is 2.10 bits per heavy atom. The lowest BCUT2D eigenvalue weighted by Gasteiger charge is -2.36. The number of hydrogen-bond donors (Lipinski definition) is 5. The van der Waals surface area contributed by atoms with Crippen LogP contribution in [0.25, 0.3) is 0 Å². The molecule has 3 aromatic rings. The van der Waals surface area contributed by atoms with Gasteiger partial charge in [-0.25, -0.2) is 0 Å². The predicted molar refractivity (Wildman–Crippen MR) is 281 cm³/mol. The molecular formula is C57H78N8O8. The van der Waals surface area contributed by atoms with E-state index in [-0.39, 0.29) is 73.7 Å². The van der Waals surface area contributed by atoms with Crippen LogP contribution in [0.3, 0.4) is 0 Å². The smallest absolute Gasteiger partial charge is 0.253 e. The second-order valence-electron chi connectivity index (χ2n) is 20.7. The number of ether oxygens (including phenoxy) is 2. The van der Waals surface area contributed by atoms with Crippen LogP contribution in [0.4, 0.5) is 0 Å². The zero-order chi connectivity index (χ0) is 52.7. The maximum absolute atomic E-state index is 14.6. The Hall–Kier alpha value is -6.12. The van der Waals surface area contributed by atoms with Gasteiger partial charge in [0, 0.05) is 44.2 Å². The fourth-order valence-corrected chi connectivity index (χ4v) is 9.81. The van der Waals surface area contributed by atoms with Gasteiger partial charge in [0.2, 0.25) is 29.5 Å². The van der Waals surface area contributed by atoms with Crippen LogP contribution in [0.15, 0.2) is 84.9 Å². The van der Waals surface area contributed by atoms with Crippen molar-refractivity contribution in [1.82, 2.24) is 41.3 Å². The molecule has 3 aromatic carbocycles. The molecule has 0 saturated carbocycles. The molecule has 3 aliphatic rings. The predicted octanol–water partition coefficient (Wildman–Crippen LogP) is 4.18. The first-order chi connectivity index (χ1) is 35.0. The Balaban J connectivity index is 1.11. The summed E-state index contributed by atoms with van der Waals surface area (Å²) in [4.78, 5) is 89.0. The van der Waals surface area contributed by atoms with Crippen molar-refractivity contribution in [2.24, 2.45) is 5.41 Å². The van der Waals surface area contributed by atoms with Gasteiger partial charge in [0.1, 0.15) is 31.3 Å². The molecule has 0 spiro atoms. The molecular weight excluding hydrogens is 925 g/mol. The number of likely N-dealkylation sites (N-methyl/N-ethyl adjacent to an activating group) is 2. The van der Waals surface area contributed by atoms with Gasteiger partial charge < -0.3 is 50.8 Å². The Morgan fingerprint density at radius 1 is 0.767 bits per heavy atom. The Kier molecular flexibility index (Phi) is 20.6. The zero-order valence-corrected chi connectivity index (χ0v) is 44.1. The minimum Gasteiger partial charge on any atom is -0.364 e. The molecule has 2 aliphatic heterocycles. The molecule has 6 amide bonds. The molecule has 0 unspecified atom stereocenters. The maximum Gasteiger partial charge on any atom is 0.253 e. The van der Waals surface area contributed by atoms with Crippen LogP contribution in [0, 0.1) is 17.3 Å². The van der Waals surface area contributed by atoms with Crippen LogP contribution in [-0.2, 0) is 46.3 Å². The standard InChI is InChI=1S/C57H78N8O8/c1-38(58-7)51(66)61-49(55(70)64-31-20-27-44(64)36-63(32-30-41-21-11-9-12-22-41)54(69)43-24-13-10-14-25-43)40(3)72-33-17-18-34-73-45-35-48(53(68)60-47-29-19-26-42-23-15-16-28-46(42)47)65(37-45)56(71)50(57(4,5)6)62-52(67)39(2)59-8/h9-16,21-25,28,38-40,44-45,47-50,58-59H,19-20,26-27,29-37H2,1-8H3,(H,60,68)(H,61,66)(H,62,67)/t38-,39-,40+,44-,45-,47+,48-,49-,50+/m0/s1. The van der Waals surface area contributed by atoms with Gasteiger partial charge in [0.05, 0.1) is 30.3 Å². The van der Waals surface area contributed by atoms with Crippen LogP contribution in [0.2, 0.25) is 0 Å². The summed E-state index contributed by atoms with van der Waals surface area (Å²) >= 11 is 0. The second-order valence-corrected chi connectivity index (χ2v) is 20.7. The summed E-state index contributed by atoms with van der Waals surface area (Å²) in [5.41, 5.74) is 3.29. The highest BCUT2D eigenvalue weighted by Gasteiger charge is 2.46. The lowest BCUT2D eigenvalue weighted by Crippen LogP contribution is -2.59. The van der Waals surface area contributed by atoms with Gasteiger partial charge in [-0.3, -0.25) is 28.8 Å². The van der Waals surface area contributed by atoms with E-state index >= 15 is 0 Å². The number of rotatable bonds is 21. The van der Waals surface area contributed by atoms with Crippen molar-refractivity contribution in [2.45, 2.75) is 141 Å². The molecule has 73 heavy (non-hydrogen) atoms. The van der Waals surface area contributed by atoms with Crippen molar-refractivity contribution in [3.8, 4) is 11.8 Å². The van der Waals surface area contributed by atoms with Gasteiger partial charge in [-0.1, -0.05) is 105 Å². The third-order valence-electron chi connectivity index (χ3n) is 14.5. The van der Waals surface area contributed by atoms with Gasteiger partial charge in [-0.15, -0.1) is 0 Å². The third kappa shape index (κ3) is 15.2. The molecule has 2 fully saturated rings. The average Bonchev–Trinajstić information content (AvgIpc) is 4.06. The van der Waals surface area contributed by atoms with Crippen LogP contribution in [-0.4, -0.2) is 152 Å². The highest BCUT2D eigenvalue weighted by molar-refractivity contribution is 5.95. The Morgan fingerprint density at radius 2 is 1.41 bits per heavy atom. The van der Waals surface area contributed by atoms with E-state index in [4.69, 9.17) is 9.47 Å². The van der Waals surface area contributed by atoms with Crippen molar-refractivity contribution in [1.29, 1.82) is 0 Å². The Labute approximate surface area is 432 Å². The van der Waals surface area contributed by atoms with Gasteiger partial charge >= 0.3 is 0 Å². The van der Waals surface area contributed by atoms with Crippen LogP contribution in [0.1, 0.15) is 107 Å². The Bertz CT molecular complexity index is 2400. The summed E-state index contributed by atoms with van der Waals surface area (Å²) in [5, 5.41) is 15.0. The summed E-state index contributed by atoms with van der Waals surface area (Å²) in [5.74, 6) is 4.24. The summed E-state index contributed by atoms with van der Waals surface area (Å²) in [6.45, 7) is 12.1. The van der Waals surface area contributed by atoms with E-state index in [9.17, 15) is 28.8 Å². The van der Waals surface area contributed by atoms with E-state index in [1.807, 2.05) is 92.4 Å². The van der Waals surface area contributed by atoms with Crippen molar-refractivity contribution in [3.05, 3.63) is 107 Å². The number of likely N-dealkylation sites (tertiary alicyclic amines) is 2. The molecule has 16 heteroatoms. The largest absolute Gasteiger partial charge is 0.364 e. The molecule has 0 aromatic heterocycles. The summed E-state index contributed by atoms with van der Waals surface area (Å²) in [7, 11) is 3.35. The van der Waals surface area contributed by atoms with Gasteiger partial charge in [0.25, 0.3) is 5.91 Å². The monoisotopic (exact) mass is 1000 g/mol. The molecule has 394 valence electrons. The zero-order valence-electron chi connectivity index (χ0n) is 44.1. The molecule has 0 radical (unpaired) electrons. The summed E-state index contributed by atoms with van der Waals surface area (Å²) in [6, 6.07) is 22.9. The topological polar surface area (TPSA) is 191 Å². The third-order valence-corrected chi connectivity index (χ3v) is 14.5. The minimum absolute atomic E-state index is 0.0232. The molecule has 2 saturated heterocycles. The molecule has 9 atom stereocenters. The number of nitrogens with one attached hydrogen (secondary N) is 5. The fraction of sp³-hybridized carbons (Fsp3) is 0.544. The number of aryl methyl sites for hydroxylation is 1. The van der Waals surface area contributed by atoms with Crippen molar-refractivity contribution >= 4 is 35.4 Å². The summed E-state index contributed by atoms with van der Waals surface area (Å²) in [6.07, 6.45) is 3.66. The lowest BCUT2D eigenvalue weighted by atomic mass is 9.85. The fourth-order valence-electron chi connectivity index (χ4n) is 9.81. The van der Waals surface area contributed by atoms with E-state index in [2.05, 4.69) is 44.5 Å². The van der Waals surface area contributed by atoms with Gasteiger partial charge in [-0.2, -0.15) is 0 Å². The van der Waals surface area contributed by atoms with Crippen LogP contribution >= 0.6 is 0 Å². The number of hydrogen-bond acceptors (Lipinski definition) is 10. The first-order valence-electron chi connectivity index (χ1n) is 26.0. The normalized spacial score (nSPS) is 20.5. The SMILES string of the molecule is CN[C@@H](C)C(=O)N[C@H](C(=O)N1CCC[C@H]1CN(CCc1ccccc1)C(=O)c1ccccc1)[C@@H](C)OCC#CCO[C@H]1C[C@@H](C(=O)N[C@@H]2CCCc3ccccc32)N(C(=O)[C@@H](NC(=O)[C@H](C)NC)C(C)(C)C)C1. The average molecular weight is 1000 g/mol. The first kappa shape index (κ1) is 56.2. The molecule has 1 aliphatic carbocycles. The van der Waals surface area contributed by atoms with Crippen molar-refractivity contribution < 1.29 is 38.2 Å². The number of nitrogens with zero attached hydrogens (tertiary/aromatic N) is 3. The van der Waals surface area contributed by atoms with E-state index < -0.39 is 47.8 Å². The number of benzene rings is 3. The van der Waals surface area contributed by atoms with E-state index in [0.29, 0.717) is 38.0 Å². The van der Waals surface area contributed by atoms with Crippen molar-refractivity contribution in [2.75, 3.05) is 53.5 Å². The molecule has 0 bridgehead atoms. The lowest BCUT2D eigenvalue weighted by molar-refractivity contribution is -0.144. The van der Waals surface area contributed by atoms with Gasteiger partial charge in [-0.05, 0) is 108 Å². The minimum atomic E-state index is -1.04. The number of carbonyl (C=O) groups is 6. The number of amides is 6. The molecule has 5 N–H and O–H groups in total. The van der Waals surface area contributed by atoms with E-state index in [1.165, 1.54) is 5.56 Å². The van der Waals surface area contributed by atoms with Crippen LogP contribution < -0.4 is 26.6 Å². The van der Waals surface area contributed by atoms with Gasteiger partial charge in [0.15, 0.2) is 0 Å². The maximum atomic E-state index is 14.6. The highest BCUT2D eigenvalue weighted by Crippen LogP contribution is 2.32. The first-order valence-corrected chi connectivity index (χ1v) is 26.0. The number of carbonyl (C=O) groups excluding carboxylic acids is 6.